The van der Waals surface area contributed by atoms with Crippen LogP contribution in [-0.4, -0.2) is 156 Å². The maximum absolute atomic E-state index is 3.18. The predicted molar refractivity (Wildman–Crippen MR) is 362 cm³/mol. The van der Waals surface area contributed by atoms with Gasteiger partial charge in [-0.2, -0.15) is 0 Å². The molecule has 0 aliphatic carbocycles. The van der Waals surface area contributed by atoms with E-state index < -0.39 is 0 Å². The van der Waals surface area contributed by atoms with Crippen molar-refractivity contribution in [1.82, 2.24) is 39.4 Å². The Balaban J connectivity index is 8.36. The minimum Gasteiger partial charge on any atom is -0.302 e. The van der Waals surface area contributed by atoms with E-state index in [1.807, 2.05) is 0 Å². The average molecular weight is 1130 g/mol. The molecule has 0 rings (SSSR count). The first kappa shape index (κ1) is 79.7. The summed E-state index contributed by atoms with van der Waals surface area (Å²) in [6.45, 7) is 47.1. The monoisotopic (exact) mass is 1130 g/mol. The summed E-state index contributed by atoms with van der Waals surface area (Å²) < 4.78 is 0. The van der Waals surface area contributed by atoms with Gasteiger partial charge in [-0.25, -0.2) is 10.0 Å². The van der Waals surface area contributed by atoms with Gasteiger partial charge in [0, 0.05) is 72.0 Å². The summed E-state index contributed by atoms with van der Waals surface area (Å²) in [5, 5.41) is 6.16. The Morgan fingerprint density at radius 1 is 0.250 bits per heavy atom. The third kappa shape index (κ3) is 31.4. The van der Waals surface area contributed by atoms with Crippen LogP contribution in [0.25, 0.3) is 0 Å². The standard InChI is InChI=1S/C72H154N8/c1-16-29-38-43-46-56-69-80(79(67-54-44-39-30-17-2)68-55-45-40-31-18-3)72(74(27-12)28-13,78(59-25-10)60-26-11)70(73(14)15)57-48-47-49-58-71(75(61-36-23-8)62-37-24-9,76(63-50-34-21-6)64-51-35-22-7)77(65-52-41-32-19-4)66-53-42-33-20-5/h70H,16-69H2,1-15H3. The molecule has 8 heteroatoms. The van der Waals surface area contributed by atoms with Crippen LogP contribution in [0.4, 0.5) is 0 Å². The molecule has 0 aliphatic rings. The van der Waals surface area contributed by atoms with E-state index in [1.54, 1.807) is 0 Å². The van der Waals surface area contributed by atoms with Gasteiger partial charge in [-0.3, -0.25) is 24.5 Å². The second kappa shape index (κ2) is 55.3. The van der Waals surface area contributed by atoms with Crippen molar-refractivity contribution in [3.8, 4) is 0 Å². The third-order valence-electron chi connectivity index (χ3n) is 18.4. The van der Waals surface area contributed by atoms with Gasteiger partial charge in [0.2, 0.25) is 0 Å². The van der Waals surface area contributed by atoms with E-state index in [4.69, 9.17) is 0 Å². The first-order valence-corrected chi connectivity index (χ1v) is 37.0. The maximum Gasteiger partial charge on any atom is 0.160 e. The molecule has 0 saturated heterocycles. The SMILES string of the molecule is CCCCCCCCN(N(CCCCCCC)CCCCCCC)C(C(CCCCCC(N(CCCC)CCCC)(N(CCCCC)CCCCC)N(CCCCCC)CCCCCC)N(C)C)(N(CC)CC)N(CCC)CCC. The van der Waals surface area contributed by atoms with Gasteiger partial charge in [-0.1, -0.05) is 263 Å². The molecule has 0 aliphatic heterocycles. The van der Waals surface area contributed by atoms with Crippen molar-refractivity contribution in [2.45, 2.75) is 371 Å². The van der Waals surface area contributed by atoms with Crippen molar-refractivity contribution in [3.63, 3.8) is 0 Å². The fraction of sp³-hybridized carbons (Fsp3) is 1.00. The molecular formula is C72H154N8. The fourth-order valence-electron chi connectivity index (χ4n) is 13.9. The molecular weight excluding hydrogens is 977 g/mol. The lowest BCUT2D eigenvalue weighted by Gasteiger charge is -2.63. The summed E-state index contributed by atoms with van der Waals surface area (Å²) in [4.78, 5) is 18.3. The smallest absolute Gasteiger partial charge is 0.160 e. The highest BCUT2D eigenvalue weighted by Crippen LogP contribution is 2.39. The second-order valence-electron chi connectivity index (χ2n) is 25.6. The van der Waals surface area contributed by atoms with Crippen molar-refractivity contribution >= 4 is 0 Å². The van der Waals surface area contributed by atoms with Gasteiger partial charge < -0.3 is 4.90 Å². The molecule has 0 radical (unpaired) electrons. The van der Waals surface area contributed by atoms with Crippen LogP contribution in [0.1, 0.15) is 353 Å². The van der Waals surface area contributed by atoms with Crippen LogP contribution < -0.4 is 0 Å². The second-order valence-corrected chi connectivity index (χ2v) is 25.6. The van der Waals surface area contributed by atoms with Crippen molar-refractivity contribution < 1.29 is 0 Å². The number of likely N-dealkylation sites (N-methyl/N-ethyl adjacent to an activating group) is 2. The van der Waals surface area contributed by atoms with E-state index in [1.165, 1.54) is 316 Å². The van der Waals surface area contributed by atoms with Crippen LogP contribution in [0.3, 0.4) is 0 Å². The van der Waals surface area contributed by atoms with Gasteiger partial charge in [0.25, 0.3) is 0 Å². The molecule has 0 N–H and O–H groups in total. The minimum atomic E-state index is -0.237. The first-order valence-electron chi connectivity index (χ1n) is 37.0. The third-order valence-corrected chi connectivity index (χ3v) is 18.4. The highest BCUT2D eigenvalue weighted by molar-refractivity contribution is 5.00. The summed E-state index contributed by atoms with van der Waals surface area (Å²) in [5.41, 5.74) is 0. The summed E-state index contributed by atoms with van der Waals surface area (Å²) >= 11 is 0. The van der Waals surface area contributed by atoms with Gasteiger partial charge in [0.05, 0.1) is 6.04 Å². The Kier molecular flexibility index (Phi) is 55.1. The van der Waals surface area contributed by atoms with Gasteiger partial charge in [0.1, 0.15) is 5.79 Å². The Hall–Kier alpha value is -0.320. The van der Waals surface area contributed by atoms with Crippen LogP contribution in [0.5, 0.6) is 0 Å². The predicted octanol–water partition coefficient (Wildman–Crippen LogP) is 20.5. The fourth-order valence-corrected chi connectivity index (χ4v) is 13.9. The summed E-state index contributed by atoms with van der Waals surface area (Å²) in [6, 6.07) is 0.367. The number of nitrogens with zero attached hydrogens (tertiary/aromatic N) is 8. The van der Waals surface area contributed by atoms with Crippen molar-refractivity contribution in [2.24, 2.45) is 0 Å². The van der Waals surface area contributed by atoms with Crippen LogP contribution >= 0.6 is 0 Å². The quantitative estimate of drug-likeness (QED) is 0.0338. The van der Waals surface area contributed by atoms with Crippen molar-refractivity contribution in [1.29, 1.82) is 0 Å². The summed E-state index contributed by atoms with van der Waals surface area (Å²) in [7, 11) is 4.98. The zero-order valence-corrected chi connectivity index (χ0v) is 58.3. The van der Waals surface area contributed by atoms with E-state index in [9.17, 15) is 0 Å². The molecule has 0 aromatic heterocycles. The lowest BCUT2D eigenvalue weighted by atomic mass is 9.93. The molecule has 0 amide bonds. The molecule has 0 bridgehead atoms. The molecule has 0 fully saturated rings. The topological polar surface area (TPSA) is 25.9 Å². The van der Waals surface area contributed by atoms with Gasteiger partial charge in [-0.15, -0.1) is 0 Å². The van der Waals surface area contributed by atoms with E-state index in [2.05, 4.69) is 144 Å². The molecule has 0 spiro atoms. The number of unbranched alkanes of at least 4 members (excludes halogenated alkanes) is 27. The highest BCUT2D eigenvalue weighted by atomic mass is 15.8. The van der Waals surface area contributed by atoms with Crippen LogP contribution in [0.2, 0.25) is 0 Å². The zero-order valence-electron chi connectivity index (χ0n) is 58.3. The number of hydrazine groups is 1. The molecule has 0 heterocycles. The number of rotatable bonds is 64. The molecule has 0 saturated carbocycles. The lowest BCUT2D eigenvalue weighted by molar-refractivity contribution is -0.276. The van der Waals surface area contributed by atoms with Crippen LogP contribution in [0, 0.1) is 0 Å². The lowest BCUT2D eigenvalue weighted by Crippen LogP contribution is -2.80. The zero-order chi connectivity index (χ0) is 59.4. The van der Waals surface area contributed by atoms with Crippen molar-refractivity contribution in [2.75, 3.05) is 99.2 Å². The first-order chi connectivity index (χ1) is 39.1. The van der Waals surface area contributed by atoms with E-state index in [-0.39, 0.29) is 11.6 Å². The Morgan fingerprint density at radius 3 is 0.912 bits per heavy atom. The largest absolute Gasteiger partial charge is 0.302 e. The highest BCUT2D eigenvalue weighted by Gasteiger charge is 2.54. The molecule has 3 unspecified atom stereocenters. The van der Waals surface area contributed by atoms with E-state index in [0.29, 0.717) is 6.04 Å². The molecule has 0 aromatic carbocycles. The Morgan fingerprint density at radius 2 is 0.550 bits per heavy atom. The molecule has 8 nitrogen and oxygen atoms in total. The summed E-state index contributed by atoms with van der Waals surface area (Å²) in [6.07, 6.45) is 54.2. The molecule has 80 heavy (non-hydrogen) atoms. The van der Waals surface area contributed by atoms with Crippen LogP contribution in [-0.2, 0) is 0 Å². The molecule has 3 atom stereocenters. The maximum atomic E-state index is 3.18. The number of hydrogen-bond acceptors (Lipinski definition) is 8. The van der Waals surface area contributed by atoms with Crippen LogP contribution in [0.15, 0.2) is 0 Å². The normalized spacial score (nSPS) is 14.4. The molecule has 482 valence electrons. The van der Waals surface area contributed by atoms with Gasteiger partial charge >= 0.3 is 0 Å². The minimum absolute atomic E-state index is 0.0298. The van der Waals surface area contributed by atoms with Crippen molar-refractivity contribution in [3.05, 3.63) is 0 Å². The Bertz CT molecular complexity index is 1200. The van der Waals surface area contributed by atoms with E-state index >= 15 is 0 Å². The summed E-state index contributed by atoms with van der Waals surface area (Å²) in [5.74, 6) is -0.267. The van der Waals surface area contributed by atoms with Gasteiger partial charge in [0.15, 0.2) is 5.79 Å². The van der Waals surface area contributed by atoms with Gasteiger partial charge in [-0.05, 0) is 117 Å². The number of hydrogen-bond donors (Lipinski definition) is 0. The Labute approximate surface area is 507 Å². The van der Waals surface area contributed by atoms with E-state index in [0.717, 1.165) is 32.7 Å². The molecule has 0 aromatic rings. The average Bonchev–Trinajstić information content (AvgIpc) is 3.65.